The van der Waals surface area contributed by atoms with Gasteiger partial charge in [-0.25, -0.2) is 0 Å². The van der Waals surface area contributed by atoms with Crippen LogP contribution in [0.5, 0.6) is 0 Å². The Morgan fingerprint density at radius 1 is 1.50 bits per heavy atom. The van der Waals surface area contributed by atoms with E-state index in [4.69, 9.17) is 5.73 Å². The van der Waals surface area contributed by atoms with Crippen LogP contribution in [0.2, 0.25) is 0 Å². The van der Waals surface area contributed by atoms with Gasteiger partial charge >= 0.3 is 0 Å². The normalized spacial score (nSPS) is 20.9. The topological polar surface area (TPSA) is 63.4 Å². The van der Waals surface area contributed by atoms with Gasteiger partial charge in [0.25, 0.3) is 0 Å². The lowest BCUT2D eigenvalue weighted by molar-refractivity contribution is -0.131. The molecule has 0 aromatic carbocycles. The minimum absolute atomic E-state index is 0.152. The number of amides is 1. The molecule has 0 bridgehead atoms. The maximum Gasteiger partial charge on any atom is 0.222 e. The molecule has 1 unspecified atom stereocenters. The highest BCUT2D eigenvalue weighted by atomic mass is 32.2. The van der Waals surface area contributed by atoms with E-state index in [1.54, 1.807) is 4.90 Å². The first kappa shape index (κ1) is 11.7. The van der Waals surface area contributed by atoms with Crippen LogP contribution in [0, 0.1) is 5.92 Å². The summed E-state index contributed by atoms with van der Waals surface area (Å²) in [4.78, 5) is 13.4. The van der Waals surface area contributed by atoms with Crippen LogP contribution in [-0.4, -0.2) is 46.2 Å². The highest BCUT2D eigenvalue weighted by molar-refractivity contribution is 7.85. The molecule has 1 heterocycles. The Hall–Kier alpha value is -0.420. The van der Waals surface area contributed by atoms with Crippen molar-refractivity contribution in [2.24, 2.45) is 11.7 Å². The number of carbonyl (C=O) groups is 1. The van der Waals surface area contributed by atoms with Gasteiger partial charge in [-0.05, 0) is 12.5 Å². The molecule has 2 N–H and O–H groups in total. The molecule has 1 aliphatic rings. The van der Waals surface area contributed by atoms with Crippen molar-refractivity contribution >= 4 is 16.7 Å². The van der Waals surface area contributed by atoms with E-state index in [-0.39, 0.29) is 11.8 Å². The van der Waals surface area contributed by atoms with Crippen LogP contribution < -0.4 is 5.73 Å². The second kappa shape index (κ2) is 5.46. The molecule has 0 aromatic heterocycles. The number of hydrogen-bond donors (Lipinski definition) is 1. The summed E-state index contributed by atoms with van der Waals surface area (Å²) in [6.07, 6.45) is 0.517. The summed E-state index contributed by atoms with van der Waals surface area (Å²) >= 11 is 0. The predicted octanol–water partition coefficient (Wildman–Crippen LogP) is -0.438. The highest BCUT2D eigenvalue weighted by Crippen LogP contribution is 2.07. The van der Waals surface area contributed by atoms with Gasteiger partial charge in [0.15, 0.2) is 0 Å². The Morgan fingerprint density at radius 3 is 2.57 bits per heavy atom. The summed E-state index contributed by atoms with van der Waals surface area (Å²) in [6, 6.07) is 0. The van der Waals surface area contributed by atoms with E-state index in [1.807, 2.05) is 6.92 Å². The molecule has 0 aliphatic carbocycles. The third kappa shape index (κ3) is 3.38. The van der Waals surface area contributed by atoms with Crippen molar-refractivity contribution in [3.05, 3.63) is 0 Å². The maximum absolute atomic E-state index is 11.6. The fourth-order valence-corrected chi connectivity index (χ4v) is 2.45. The Bertz CT molecular complexity index is 223. The summed E-state index contributed by atoms with van der Waals surface area (Å²) in [5.41, 5.74) is 5.45. The van der Waals surface area contributed by atoms with Crippen LogP contribution in [-0.2, 0) is 15.6 Å². The first-order valence-corrected chi connectivity index (χ1v) is 6.45. The van der Waals surface area contributed by atoms with Crippen LogP contribution in [0.1, 0.15) is 13.3 Å². The fraction of sp³-hybridized carbons (Fsp3) is 0.889. The van der Waals surface area contributed by atoms with Crippen molar-refractivity contribution in [3.8, 4) is 0 Å². The molecular formula is C9H18N2O2S. The van der Waals surface area contributed by atoms with E-state index < -0.39 is 10.8 Å². The van der Waals surface area contributed by atoms with Gasteiger partial charge < -0.3 is 10.6 Å². The lowest BCUT2D eigenvalue weighted by Crippen LogP contribution is -2.42. The summed E-state index contributed by atoms with van der Waals surface area (Å²) in [5, 5.41) is 0. The molecule has 0 radical (unpaired) electrons. The van der Waals surface area contributed by atoms with Gasteiger partial charge in [0.2, 0.25) is 5.91 Å². The van der Waals surface area contributed by atoms with E-state index in [1.165, 1.54) is 0 Å². The molecule has 5 heteroatoms. The van der Waals surface area contributed by atoms with E-state index in [9.17, 15) is 9.00 Å². The third-order valence-corrected chi connectivity index (χ3v) is 3.73. The first-order chi connectivity index (χ1) is 6.63. The number of carbonyl (C=O) groups excluding carboxylic acids is 1. The molecule has 1 aliphatic heterocycles. The monoisotopic (exact) mass is 218 g/mol. The second-order valence-electron chi connectivity index (χ2n) is 3.77. The third-order valence-electron chi connectivity index (χ3n) is 2.46. The van der Waals surface area contributed by atoms with Crippen molar-refractivity contribution in [2.75, 3.05) is 31.1 Å². The minimum atomic E-state index is -0.710. The van der Waals surface area contributed by atoms with E-state index in [0.29, 0.717) is 37.6 Å². The van der Waals surface area contributed by atoms with E-state index in [0.717, 1.165) is 0 Å². The highest BCUT2D eigenvalue weighted by Gasteiger charge is 2.20. The molecule has 14 heavy (non-hydrogen) atoms. The van der Waals surface area contributed by atoms with Gasteiger partial charge in [0.05, 0.1) is 0 Å². The van der Waals surface area contributed by atoms with Gasteiger partial charge in [-0.3, -0.25) is 9.00 Å². The molecule has 1 fully saturated rings. The molecular weight excluding hydrogens is 200 g/mol. The van der Waals surface area contributed by atoms with Crippen molar-refractivity contribution in [1.82, 2.24) is 4.90 Å². The molecule has 4 nitrogen and oxygen atoms in total. The molecule has 1 rings (SSSR count). The standard InChI is InChI=1S/C9H18N2O2S/c1-8(7-10)6-9(12)11-2-4-14(13)5-3-11/h8H,2-7,10H2,1H3. The Balaban J connectivity index is 2.34. The summed E-state index contributed by atoms with van der Waals surface area (Å²) in [7, 11) is -0.710. The summed E-state index contributed by atoms with van der Waals surface area (Å²) in [6.45, 7) is 3.80. The lowest BCUT2D eigenvalue weighted by atomic mass is 10.1. The molecule has 82 valence electrons. The molecule has 0 aromatic rings. The largest absolute Gasteiger partial charge is 0.341 e. The van der Waals surface area contributed by atoms with Gasteiger partial charge in [-0.2, -0.15) is 0 Å². The molecule has 1 atom stereocenters. The molecule has 1 saturated heterocycles. The maximum atomic E-state index is 11.6. The quantitative estimate of drug-likeness (QED) is 0.698. The number of hydrogen-bond acceptors (Lipinski definition) is 3. The number of nitrogens with zero attached hydrogens (tertiary/aromatic N) is 1. The van der Waals surface area contributed by atoms with E-state index in [2.05, 4.69) is 0 Å². The smallest absolute Gasteiger partial charge is 0.222 e. The number of nitrogens with two attached hydrogens (primary N) is 1. The zero-order valence-corrected chi connectivity index (χ0v) is 9.39. The van der Waals surface area contributed by atoms with Gasteiger partial charge in [0, 0.05) is 41.8 Å². The van der Waals surface area contributed by atoms with Gasteiger partial charge in [-0.1, -0.05) is 6.92 Å². The molecule has 0 spiro atoms. The van der Waals surface area contributed by atoms with Crippen LogP contribution in [0.3, 0.4) is 0 Å². The average molecular weight is 218 g/mol. The number of rotatable bonds is 3. The Labute approximate surface area is 87.3 Å². The van der Waals surface area contributed by atoms with Crippen LogP contribution in [0.25, 0.3) is 0 Å². The predicted molar refractivity (Wildman–Crippen MR) is 57.3 cm³/mol. The lowest BCUT2D eigenvalue weighted by Gasteiger charge is -2.27. The summed E-state index contributed by atoms with van der Waals surface area (Å²) < 4.78 is 11.1. The molecule has 1 amide bonds. The van der Waals surface area contributed by atoms with Crippen LogP contribution in [0.4, 0.5) is 0 Å². The SMILES string of the molecule is CC(CN)CC(=O)N1CCS(=O)CC1. The Kier molecular flexibility index (Phi) is 4.54. The average Bonchev–Trinajstić information content (AvgIpc) is 2.18. The molecule has 0 saturated carbocycles. The van der Waals surface area contributed by atoms with E-state index >= 15 is 0 Å². The fourth-order valence-electron chi connectivity index (χ4n) is 1.40. The van der Waals surface area contributed by atoms with Crippen molar-refractivity contribution in [2.45, 2.75) is 13.3 Å². The second-order valence-corrected chi connectivity index (χ2v) is 5.47. The van der Waals surface area contributed by atoms with Crippen molar-refractivity contribution < 1.29 is 9.00 Å². The van der Waals surface area contributed by atoms with Crippen molar-refractivity contribution in [1.29, 1.82) is 0 Å². The van der Waals surface area contributed by atoms with Gasteiger partial charge in [0.1, 0.15) is 0 Å². The van der Waals surface area contributed by atoms with Crippen LogP contribution >= 0.6 is 0 Å². The first-order valence-electron chi connectivity index (χ1n) is 4.96. The Morgan fingerprint density at radius 2 is 2.07 bits per heavy atom. The van der Waals surface area contributed by atoms with Crippen LogP contribution in [0.15, 0.2) is 0 Å². The van der Waals surface area contributed by atoms with Gasteiger partial charge in [-0.15, -0.1) is 0 Å². The zero-order chi connectivity index (χ0) is 10.6. The van der Waals surface area contributed by atoms with Crippen molar-refractivity contribution in [3.63, 3.8) is 0 Å². The summed E-state index contributed by atoms with van der Waals surface area (Å²) in [5.74, 6) is 1.65. The minimum Gasteiger partial charge on any atom is -0.341 e. The zero-order valence-electron chi connectivity index (χ0n) is 8.57.